The fraction of sp³-hybridized carbons (Fsp3) is 0.526. The zero-order chi connectivity index (χ0) is 20.3. The Balaban J connectivity index is 1.58. The molecule has 1 aromatic carbocycles. The number of carbonyl (C=O) groups is 1. The number of carbonyl (C=O) groups excluding carboxylic acids is 1. The number of hydrogen-bond donors (Lipinski definition) is 0. The topological polar surface area (TPSA) is 77.7 Å². The van der Waals surface area contributed by atoms with Crippen LogP contribution in [0.15, 0.2) is 28.8 Å². The van der Waals surface area contributed by atoms with Gasteiger partial charge in [-0.2, -0.15) is 13.8 Å². The van der Waals surface area contributed by atoms with Crippen LogP contribution in [-0.4, -0.2) is 41.4 Å². The van der Waals surface area contributed by atoms with Gasteiger partial charge in [-0.15, -0.1) is 0 Å². The largest absolute Gasteiger partial charge is 0.460 e. The lowest BCUT2D eigenvalue weighted by molar-refractivity contribution is -0.160. The number of esters is 1. The average Bonchev–Trinajstić information content (AvgIpc) is 3.10. The van der Waals surface area contributed by atoms with Crippen LogP contribution in [0.3, 0.4) is 0 Å². The van der Waals surface area contributed by atoms with E-state index in [9.17, 15) is 13.6 Å². The first-order valence-electron chi connectivity index (χ1n) is 9.08. The standard InChI is InChI=1S/C19H23F2N3O4/c1-19(2,3)27-16(25)13-8-10-24(11-9-13)18-22-15(23-28-18)12-4-6-14(7-5-12)26-17(20)21/h4-7,13,17H,8-11H2,1-3H3. The highest BCUT2D eigenvalue weighted by Gasteiger charge is 2.30. The van der Waals surface area contributed by atoms with Crippen LogP contribution in [0.1, 0.15) is 33.6 Å². The number of halogens is 2. The number of anilines is 1. The fourth-order valence-corrected chi connectivity index (χ4v) is 2.94. The SMILES string of the molecule is CC(C)(C)OC(=O)C1CCN(c2nc(-c3ccc(OC(F)F)cc3)no2)CC1. The number of ether oxygens (including phenoxy) is 2. The second-order valence-electron chi connectivity index (χ2n) is 7.60. The molecule has 0 atom stereocenters. The summed E-state index contributed by atoms with van der Waals surface area (Å²) in [6.07, 6.45) is 1.29. The lowest BCUT2D eigenvalue weighted by atomic mass is 9.97. The van der Waals surface area contributed by atoms with Crippen molar-refractivity contribution in [2.24, 2.45) is 5.92 Å². The first kappa shape index (κ1) is 20.0. The van der Waals surface area contributed by atoms with E-state index in [0.717, 1.165) is 0 Å². The Morgan fingerprint density at radius 1 is 1.21 bits per heavy atom. The molecular formula is C19H23F2N3O4. The molecule has 3 rings (SSSR count). The van der Waals surface area contributed by atoms with Gasteiger partial charge in [0.1, 0.15) is 11.4 Å². The van der Waals surface area contributed by atoms with Crippen LogP contribution in [0.4, 0.5) is 14.8 Å². The molecule has 2 aromatic rings. The summed E-state index contributed by atoms with van der Waals surface area (Å²) in [7, 11) is 0. The van der Waals surface area contributed by atoms with Gasteiger partial charge in [0.05, 0.1) is 5.92 Å². The van der Waals surface area contributed by atoms with E-state index in [4.69, 9.17) is 9.26 Å². The Morgan fingerprint density at radius 2 is 1.86 bits per heavy atom. The Bertz CT molecular complexity index is 794. The number of aromatic nitrogens is 2. The van der Waals surface area contributed by atoms with Crippen molar-refractivity contribution in [3.05, 3.63) is 24.3 Å². The molecule has 0 N–H and O–H groups in total. The summed E-state index contributed by atoms with van der Waals surface area (Å²) in [6, 6.07) is 6.38. The first-order valence-corrected chi connectivity index (χ1v) is 9.08. The van der Waals surface area contributed by atoms with E-state index in [-0.39, 0.29) is 17.6 Å². The van der Waals surface area contributed by atoms with Crippen molar-refractivity contribution in [2.45, 2.75) is 45.8 Å². The van der Waals surface area contributed by atoms with E-state index < -0.39 is 12.2 Å². The molecule has 0 spiro atoms. The van der Waals surface area contributed by atoms with Crippen molar-refractivity contribution in [3.8, 4) is 17.1 Å². The number of hydrogen-bond acceptors (Lipinski definition) is 7. The quantitative estimate of drug-likeness (QED) is 0.711. The van der Waals surface area contributed by atoms with Crippen molar-refractivity contribution in [3.63, 3.8) is 0 Å². The van der Waals surface area contributed by atoms with E-state index in [1.807, 2.05) is 25.7 Å². The van der Waals surface area contributed by atoms with E-state index in [0.29, 0.717) is 43.3 Å². The lowest BCUT2D eigenvalue weighted by Crippen LogP contribution is -2.39. The second-order valence-corrected chi connectivity index (χ2v) is 7.60. The minimum atomic E-state index is -2.87. The van der Waals surface area contributed by atoms with Crippen LogP contribution in [0.5, 0.6) is 5.75 Å². The van der Waals surface area contributed by atoms with Crippen molar-refractivity contribution in [2.75, 3.05) is 18.0 Å². The highest BCUT2D eigenvalue weighted by Crippen LogP contribution is 2.27. The molecule has 1 aliphatic heterocycles. The number of piperidine rings is 1. The molecular weight excluding hydrogens is 372 g/mol. The van der Waals surface area contributed by atoms with Crippen LogP contribution in [-0.2, 0) is 9.53 Å². The van der Waals surface area contributed by atoms with Gasteiger partial charge in [-0.25, -0.2) is 0 Å². The van der Waals surface area contributed by atoms with Crippen LogP contribution >= 0.6 is 0 Å². The van der Waals surface area contributed by atoms with Crippen molar-refractivity contribution in [1.82, 2.24) is 10.1 Å². The van der Waals surface area contributed by atoms with Gasteiger partial charge in [0.15, 0.2) is 0 Å². The third kappa shape index (κ3) is 5.17. The molecule has 152 valence electrons. The molecule has 1 saturated heterocycles. The molecule has 0 saturated carbocycles. The molecule has 1 fully saturated rings. The number of nitrogens with zero attached hydrogens (tertiary/aromatic N) is 3. The highest BCUT2D eigenvalue weighted by molar-refractivity contribution is 5.73. The highest BCUT2D eigenvalue weighted by atomic mass is 19.3. The van der Waals surface area contributed by atoms with Gasteiger partial charge in [0.25, 0.3) is 0 Å². The number of alkyl halides is 2. The summed E-state index contributed by atoms with van der Waals surface area (Å²) in [5.74, 6) is 0.101. The van der Waals surface area contributed by atoms with E-state index in [2.05, 4.69) is 14.9 Å². The van der Waals surface area contributed by atoms with Gasteiger partial charge >= 0.3 is 18.6 Å². The zero-order valence-electron chi connectivity index (χ0n) is 16.0. The maximum Gasteiger partial charge on any atom is 0.387 e. The Hall–Kier alpha value is -2.71. The summed E-state index contributed by atoms with van der Waals surface area (Å²) in [6.45, 7) is 3.90. The second kappa shape index (κ2) is 8.12. The normalized spacial score (nSPS) is 15.7. The minimum absolute atomic E-state index is 0.0617. The van der Waals surface area contributed by atoms with Crippen molar-refractivity contribution >= 4 is 12.0 Å². The third-order valence-electron chi connectivity index (χ3n) is 4.26. The van der Waals surface area contributed by atoms with Gasteiger partial charge in [-0.05, 0) is 57.9 Å². The monoisotopic (exact) mass is 395 g/mol. The van der Waals surface area contributed by atoms with E-state index >= 15 is 0 Å². The fourth-order valence-electron chi connectivity index (χ4n) is 2.94. The van der Waals surface area contributed by atoms with Crippen LogP contribution < -0.4 is 9.64 Å². The number of rotatable bonds is 5. The molecule has 0 aliphatic carbocycles. The van der Waals surface area contributed by atoms with Crippen molar-refractivity contribution < 1.29 is 27.6 Å². The van der Waals surface area contributed by atoms with Gasteiger partial charge in [0, 0.05) is 18.7 Å². The van der Waals surface area contributed by atoms with Gasteiger partial charge in [-0.1, -0.05) is 5.16 Å². The third-order valence-corrected chi connectivity index (χ3v) is 4.26. The molecule has 0 amide bonds. The Kier molecular flexibility index (Phi) is 5.81. The van der Waals surface area contributed by atoms with Gasteiger partial charge < -0.3 is 18.9 Å². The Labute approximate surface area is 161 Å². The summed E-state index contributed by atoms with van der Waals surface area (Å²) in [4.78, 5) is 18.5. The van der Waals surface area contributed by atoms with Gasteiger partial charge in [0.2, 0.25) is 5.82 Å². The van der Waals surface area contributed by atoms with E-state index in [1.54, 1.807) is 12.1 Å². The molecule has 1 aromatic heterocycles. The van der Waals surface area contributed by atoms with E-state index in [1.165, 1.54) is 12.1 Å². The summed E-state index contributed by atoms with van der Waals surface area (Å²) in [5.41, 5.74) is 0.131. The molecule has 0 unspecified atom stereocenters. The first-order chi connectivity index (χ1) is 13.2. The van der Waals surface area contributed by atoms with Gasteiger partial charge in [-0.3, -0.25) is 4.79 Å². The molecule has 7 nitrogen and oxygen atoms in total. The molecule has 0 radical (unpaired) electrons. The predicted molar refractivity (Wildman–Crippen MR) is 97.1 cm³/mol. The lowest BCUT2D eigenvalue weighted by Gasteiger charge is -2.31. The summed E-state index contributed by atoms with van der Waals surface area (Å²) in [5, 5.41) is 3.95. The van der Waals surface area contributed by atoms with Crippen molar-refractivity contribution in [1.29, 1.82) is 0 Å². The minimum Gasteiger partial charge on any atom is -0.460 e. The average molecular weight is 395 g/mol. The molecule has 2 heterocycles. The predicted octanol–water partition coefficient (Wildman–Crippen LogP) is 3.90. The summed E-state index contributed by atoms with van der Waals surface area (Å²) >= 11 is 0. The maximum absolute atomic E-state index is 12.2. The molecule has 9 heteroatoms. The molecule has 0 bridgehead atoms. The van der Waals surface area contributed by atoms with Crippen LogP contribution in [0, 0.1) is 5.92 Å². The molecule has 28 heavy (non-hydrogen) atoms. The Morgan fingerprint density at radius 3 is 2.43 bits per heavy atom. The van der Waals surface area contributed by atoms with Crippen LogP contribution in [0.25, 0.3) is 11.4 Å². The zero-order valence-corrected chi connectivity index (χ0v) is 16.0. The number of benzene rings is 1. The maximum atomic E-state index is 12.2. The molecule has 1 aliphatic rings. The smallest absolute Gasteiger partial charge is 0.387 e. The van der Waals surface area contributed by atoms with Crippen LogP contribution in [0.2, 0.25) is 0 Å². The summed E-state index contributed by atoms with van der Waals surface area (Å²) < 4.78 is 39.5.